The Morgan fingerprint density at radius 1 is 1.25 bits per heavy atom. The van der Waals surface area contributed by atoms with E-state index in [-0.39, 0.29) is 18.6 Å². The maximum absolute atomic E-state index is 11.6. The van der Waals surface area contributed by atoms with E-state index in [1.54, 1.807) is 0 Å². The van der Waals surface area contributed by atoms with Gasteiger partial charge >= 0.3 is 5.97 Å². The van der Waals surface area contributed by atoms with Gasteiger partial charge in [-0.2, -0.15) is 0 Å². The Bertz CT molecular complexity index is 510. The van der Waals surface area contributed by atoms with Gasteiger partial charge in [0.15, 0.2) is 6.61 Å². The van der Waals surface area contributed by atoms with Gasteiger partial charge in [-0.1, -0.05) is 18.2 Å². The van der Waals surface area contributed by atoms with Gasteiger partial charge in [0.1, 0.15) is 0 Å². The molecule has 0 saturated carbocycles. The summed E-state index contributed by atoms with van der Waals surface area (Å²) in [5.74, 6) is -0.716. The molecule has 1 atom stereocenters. The first-order valence-corrected chi connectivity index (χ1v) is 7.10. The molecule has 1 amide bonds. The molecule has 0 spiro atoms. The summed E-state index contributed by atoms with van der Waals surface area (Å²) in [5.41, 5.74) is 3.93. The molecule has 1 N–H and O–H groups in total. The van der Waals surface area contributed by atoms with E-state index in [4.69, 9.17) is 0 Å². The zero-order valence-corrected chi connectivity index (χ0v) is 12.1. The van der Waals surface area contributed by atoms with Crippen molar-refractivity contribution in [1.29, 1.82) is 0 Å². The minimum absolute atomic E-state index is 0.0784. The molecule has 4 heteroatoms. The van der Waals surface area contributed by atoms with Crippen molar-refractivity contribution in [3.05, 3.63) is 34.9 Å². The Kier molecular flexibility index (Phi) is 4.77. The Labute approximate surface area is 119 Å². The van der Waals surface area contributed by atoms with E-state index in [0.29, 0.717) is 0 Å². The number of aryl methyl sites for hydroxylation is 2. The number of esters is 1. The molecule has 0 radical (unpaired) electrons. The second-order valence-corrected chi connectivity index (χ2v) is 5.30. The number of hydrogen-bond acceptors (Lipinski definition) is 3. The monoisotopic (exact) mass is 275 g/mol. The molecule has 1 aliphatic carbocycles. The van der Waals surface area contributed by atoms with Gasteiger partial charge < -0.3 is 10.1 Å². The fourth-order valence-electron chi connectivity index (χ4n) is 2.56. The number of hydrogen-bond donors (Lipinski definition) is 1. The minimum Gasteiger partial charge on any atom is -0.456 e. The third-order valence-corrected chi connectivity index (χ3v) is 3.66. The number of amides is 1. The highest BCUT2D eigenvalue weighted by molar-refractivity contribution is 5.80. The number of carbonyl (C=O) groups is 2. The van der Waals surface area contributed by atoms with Crippen molar-refractivity contribution in [2.24, 2.45) is 0 Å². The van der Waals surface area contributed by atoms with Crippen molar-refractivity contribution in [3.63, 3.8) is 0 Å². The molecule has 1 aromatic rings. The molecular formula is C16H21NO3. The summed E-state index contributed by atoms with van der Waals surface area (Å²) in [6.45, 7) is 3.01. The highest BCUT2D eigenvalue weighted by Crippen LogP contribution is 2.24. The van der Waals surface area contributed by atoms with Gasteiger partial charge in [-0.25, -0.2) is 0 Å². The normalized spacial score (nSPS) is 15.1. The molecule has 0 unspecified atom stereocenters. The van der Waals surface area contributed by atoms with Crippen LogP contribution in [-0.4, -0.2) is 18.5 Å². The van der Waals surface area contributed by atoms with Crippen LogP contribution in [0.15, 0.2) is 18.2 Å². The summed E-state index contributed by atoms with van der Waals surface area (Å²) in [6.07, 6.45) is 4.78. The Morgan fingerprint density at radius 3 is 2.65 bits per heavy atom. The quantitative estimate of drug-likeness (QED) is 0.858. The highest BCUT2D eigenvalue weighted by Gasteiger charge is 2.14. The number of carbonyl (C=O) groups excluding carboxylic acids is 2. The highest BCUT2D eigenvalue weighted by atomic mass is 16.5. The number of fused-ring (bicyclic) bond motifs is 1. The maximum Gasteiger partial charge on any atom is 0.303 e. The number of rotatable bonds is 4. The predicted molar refractivity (Wildman–Crippen MR) is 76.3 cm³/mol. The lowest BCUT2D eigenvalue weighted by molar-refractivity contribution is -0.146. The van der Waals surface area contributed by atoms with Crippen LogP contribution in [0.4, 0.5) is 0 Å². The molecule has 0 fully saturated rings. The van der Waals surface area contributed by atoms with Crippen molar-refractivity contribution < 1.29 is 14.3 Å². The maximum atomic E-state index is 11.6. The molecular weight excluding hydrogens is 254 g/mol. The van der Waals surface area contributed by atoms with Crippen LogP contribution in [0.1, 0.15) is 49.4 Å². The van der Waals surface area contributed by atoms with Crippen molar-refractivity contribution in [2.75, 3.05) is 6.61 Å². The topological polar surface area (TPSA) is 55.4 Å². The molecule has 1 aliphatic rings. The molecule has 0 saturated heterocycles. The van der Waals surface area contributed by atoms with Gasteiger partial charge in [-0.15, -0.1) is 0 Å². The van der Waals surface area contributed by atoms with E-state index in [2.05, 4.69) is 28.3 Å². The van der Waals surface area contributed by atoms with Gasteiger partial charge in [-0.05, 0) is 49.3 Å². The number of benzene rings is 1. The summed E-state index contributed by atoms with van der Waals surface area (Å²) in [4.78, 5) is 22.3. The van der Waals surface area contributed by atoms with Crippen LogP contribution in [0, 0.1) is 0 Å². The minimum atomic E-state index is -0.443. The molecule has 0 heterocycles. The molecule has 2 rings (SSSR count). The van der Waals surface area contributed by atoms with Gasteiger partial charge in [0.05, 0.1) is 6.04 Å². The van der Waals surface area contributed by atoms with Crippen molar-refractivity contribution >= 4 is 11.9 Å². The molecule has 0 aliphatic heterocycles. The van der Waals surface area contributed by atoms with Crippen LogP contribution in [0.2, 0.25) is 0 Å². The molecule has 108 valence electrons. The van der Waals surface area contributed by atoms with E-state index >= 15 is 0 Å². The van der Waals surface area contributed by atoms with Crippen LogP contribution in [0.25, 0.3) is 0 Å². The first-order valence-electron chi connectivity index (χ1n) is 7.10. The second kappa shape index (κ2) is 6.55. The Morgan fingerprint density at radius 2 is 1.95 bits per heavy atom. The fourth-order valence-corrected chi connectivity index (χ4v) is 2.56. The summed E-state index contributed by atoms with van der Waals surface area (Å²) < 4.78 is 4.68. The van der Waals surface area contributed by atoms with Crippen LogP contribution < -0.4 is 5.32 Å². The molecule has 0 aromatic heterocycles. The predicted octanol–water partition coefficient (Wildman–Crippen LogP) is 2.31. The molecule has 0 bridgehead atoms. The van der Waals surface area contributed by atoms with Crippen molar-refractivity contribution in [2.45, 2.75) is 45.6 Å². The van der Waals surface area contributed by atoms with E-state index in [9.17, 15) is 9.59 Å². The van der Waals surface area contributed by atoms with Crippen LogP contribution in [-0.2, 0) is 27.2 Å². The van der Waals surface area contributed by atoms with Crippen molar-refractivity contribution in [3.8, 4) is 0 Å². The third kappa shape index (κ3) is 3.83. The van der Waals surface area contributed by atoms with E-state index in [1.807, 2.05) is 6.92 Å². The first-order chi connectivity index (χ1) is 9.56. The molecule has 1 aromatic carbocycles. The van der Waals surface area contributed by atoms with Gasteiger partial charge in [0.25, 0.3) is 5.91 Å². The smallest absolute Gasteiger partial charge is 0.303 e. The SMILES string of the molecule is CC(=O)OCC(=O)N[C@@H](C)c1ccc2c(c1)CCCC2. The van der Waals surface area contributed by atoms with E-state index < -0.39 is 5.97 Å². The lowest BCUT2D eigenvalue weighted by Crippen LogP contribution is -2.30. The standard InChI is InChI=1S/C16H21NO3/c1-11(17-16(19)10-20-12(2)18)14-8-7-13-5-3-4-6-15(13)9-14/h7-9,11H,3-6,10H2,1-2H3,(H,17,19)/t11-/m0/s1. The summed E-state index contributed by atoms with van der Waals surface area (Å²) in [5, 5.41) is 2.84. The summed E-state index contributed by atoms with van der Waals surface area (Å²) in [6, 6.07) is 6.34. The second-order valence-electron chi connectivity index (χ2n) is 5.30. The number of nitrogens with one attached hydrogen (secondary N) is 1. The van der Waals surface area contributed by atoms with Gasteiger partial charge in [-0.3, -0.25) is 9.59 Å². The number of ether oxygens (including phenoxy) is 1. The van der Waals surface area contributed by atoms with Gasteiger partial charge in [0, 0.05) is 6.92 Å². The van der Waals surface area contributed by atoms with E-state index in [0.717, 1.165) is 18.4 Å². The lowest BCUT2D eigenvalue weighted by atomic mass is 9.89. The Balaban J connectivity index is 1.96. The fraction of sp³-hybridized carbons (Fsp3) is 0.500. The largest absolute Gasteiger partial charge is 0.456 e. The summed E-state index contributed by atoms with van der Waals surface area (Å²) in [7, 11) is 0. The van der Waals surface area contributed by atoms with Crippen LogP contribution in [0.5, 0.6) is 0 Å². The molecule has 4 nitrogen and oxygen atoms in total. The summed E-state index contributed by atoms with van der Waals surface area (Å²) >= 11 is 0. The third-order valence-electron chi connectivity index (χ3n) is 3.66. The average molecular weight is 275 g/mol. The molecule has 20 heavy (non-hydrogen) atoms. The van der Waals surface area contributed by atoms with Crippen LogP contribution >= 0.6 is 0 Å². The first kappa shape index (κ1) is 14.6. The average Bonchev–Trinajstić information content (AvgIpc) is 2.44. The zero-order chi connectivity index (χ0) is 14.5. The van der Waals surface area contributed by atoms with Crippen molar-refractivity contribution in [1.82, 2.24) is 5.32 Å². The zero-order valence-electron chi connectivity index (χ0n) is 12.1. The van der Waals surface area contributed by atoms with Gasteiger partial charge in [0.2, 0.25) is 0 Å². The Hall–Kier alpha value is -1.84. The van der Waals surface area contributed by atoms with E-state index in [1.165, 1.54) is 30.9 Å². The van der Waals surface area contributed by atoms with Crippen LogP contribution in [0.3, 0.4) is 0 Å². The lowest BCUT2D eigenvalue weighted by Gasteiger charge is -2.20.